The number of carbonyl (C=O) groups excluding carboxylic acids is 4. The van der Waals surface area contributed by atoms with Crippen LogP contribution in [-0.4, -0.2) is 49.0 Å². The van der Waals surface area contributed by atoms with Crippen LogP contribution in [0.15, 0.2) is 0 Å². The topological polar surface area (TPSA) is 105 Å². The van der Waals surface area contributed by atoms with Crippen molar-refractivity contribution in [3.63, 3.8) is 0 Å². The Hall–Kier alpha value is -1.77. The van der Waals surface area contributed by atoms with Gasteiger partial charge in [-0.1, -0.05) is 29.7 Å². The zero-order valence-electron chi connectivity index (χ0n) is 10.5. The molecule has 0 radical (unpaired) electrons. The molecule has 0 aromatic heterocycles. The van der Waals surface area contributed by atoms with Crippen molar-refractivity contribution in [2.24, 2.45) is 0 Å². The summed E-state index contributed by atoms with van der Waals surface area (Å²) in [7, 11) is 0. The summed E-state index contributed by atoms with van der Waals surface area (Å²) in [4.78, 5) is 42.8. The second kappa shape index (κ2) is 20.2. The van der Waals surface area contributed by atoms with Crippen LogP contribution in [0.4, 0.5) is 0 Å². The summed E-state index contributed by atoms with van der Waals surface area (Å²) in [6, 6.07) is 0. The molecule has 0 rings (SSSR count). The Bertz CT molecular complexity index is 312. The minimum atomic E-state index is -0.626. The van der Waals surface area contributed by atoms with E-state index < -0.39 is 37.5 Å². The number of hydrogen-bond donors (Lipinski definition) is 0. The summed E-state index contributed by atoms with van der Waals surface area (Å²) in [5.41, 5.74) is 0. The molecule has 0 spiro atoms. The van der Waals surface area contributed by atoms with Gasteiger partial charge in [-0.2, -0.15) is 0 Å². The van der Waals surface area contributed by atoms with E-state index in [4.69, 9.17) is 0 Å². The van der Waals surface area contributed by atoms with Crippen LogP contribution in [0.5, 0.6) is 0 Å². The number of ether oxygens (including phenoxy) is 4. The molecular weight excluding hydrogens is 328 g/mol. The van der Waals surface area contributed by atoms with E-state index in [0.29, 0.717) is 0 Å². The Morgan fingerprint density at radius 3 is 1.22 bits per heavy atom. The first-order valence-electron chi connectivity index (χ1n) is 5.07. The van der Waals surface area contributed by atoms with Crippen molar-refractivity contribution in [1.82, 2.24) is 0 Å². The predicted octanol–water partition coefficient (Wildman–Crippen LogP) is 2.39. The first kappa shape index (κ1) is 33.0. The van der Waals surface area contributed by atoms with Gasteiger partial charge in [0, 0.05) is 13.8 Å². The molecule has 0 aromatic carbocycles. The zero-order chi connectivity index (χ0) is 14.7. The fourth-order valence-electron chi connectivity index (χ4n) is 0.657. The summed E-state index contributed by atoms with van der Waals surface area (Å²) >= 11 is 0.957. The summed E-state index contributed by atoms with van der Waals surface area (Å²) in [6.45, 7) is 1.46. The smallest absolute Gasteiger partial charge is 0.318 e. The van der Waals surface area contributed by atoms with Crippen molar-refractivity contribution < 1.29 is 38.1 Å². The molecule has 0 unspecified atom stereocenters. The number of rotatable bonds is 8. The quantitative estimate of drug-likeness (QED) is 0.477. The van der Waals surface area contributed by atoms with Gasteiger partial charge in [-0.3, -0.25) is 19.2 Å². The van der Waals surface area contributed by atoms with Crippen LogP contribution < -0.4 is 0 Å². The van der Waals surface area contributed by atoms with Crippen LogP contribution in [0.25, 0.3) is 0 Å². The highest BCUT2D eigenvalue weighted by molar-refractivity contribution is 8.00. The van der Waals surface area contributed by atoms with E-state index in [1.54, 1.807) is 0 Å². The molecule has 9 heteroatoms. The highest BCUT2D eigenvalue weighted by atomic mass is 32.2. The fraction of sp³-hybridized carbons (Fsp3) is 0.714. The normalized spacial score (nSPS) is 7.74. The molecule has 0 aliphatic carbocycles. The molecule has 0 N–H and O–H groups in total. The van der Waals surface area contributed by atoms with Gasteiger partial charge in [-0.25, -0.2) is 0 Å². The third-order valence-corrected chi connectivity index (χ3v) is 2.28. The van der Waals surface area contributed by atoms with Gasteiger partial charge in [0.15, 0.2) is 0 Å². The predicted molar refractivity (Wildman–Crippen MR) is 89.7 cm³/mol. The third-order valence-electron chi connectivity index (χ3n) is 1.40. The minimum Gasteiger partial charge on any atom is -0.428 e. The maximum atomic E-state index is 11.1. The highest BCUT2D eigenvalue weighted by Gasteiger charge is 2.08. The van der Waals surface area contributed by atoms with E-state index in [1.807, 2.05) is 0 Å². The zero-order valence-corrected chi connectivity index (χ0v) is 11.3. The lowest BCUT2D eigenvalue weighted by Crippen LogP contribution is -2.15. The number of esters is 4. The molecule has 8 nitrogen and oxygen atoms in total. The molecule has 23 heavy (non-hydrogen) atoms. The maximum absolute atomic E-state index is 11.1. The fourth-order valence-corrected chi connectivity index (χ4v) is 1.26. The standard InChI is InChI=1S/C10H14O8S.4CH4/c1-7(11)15-5-17-9(13)3-19-4-10(14)18-6-16-8(2)12;;;;/h3-6H2,1-2H3;4*1H4. The number of carbonyl (C=O) groups is 4. The Labute approximate surface area is 143 Å². The second-order valence-corrected chi connectivity index (χ2v) is 4.02. The van der Waals surface area contributed by atoms with E-state index in [0.717, 1.165) is 11.8 Å². The van der Waals surface area contributed by atoms with Crippen molar-refractivity contribution in [2.75, 3.05) is 25.1 Å². The highest BCUT2D eigenvalue weighted by Crippen LogP contribution is 2.02. The molecule has 0 aromatic rings. The third kappa shape index (κ3) is 25.5. The Kier molecular flexibility index (Phi) is 29.0. The van der Waals surface area contributed by atoms with Crippen molar-refractivity contribution in [3.05, 3.63) is 0 Å². The average Bonchev–Trinajstić information content (AvgIpc) is 2.27. The molecule has 0 fully saturated rings. The summed E-state index contributed by atoms with van der Waals surface area (Å²) in [6.07, 6.45) is 0. The van der Waals surface area contributed by atoms with Gasteiger partial charge < -0.3 is 18.9 Å². The largest absolute Gasteiger partial charge is 0.428 e. The maximum Gasteiger partial charge on any atom is 0.318 e. The molecule has 0 heterocycles. The van der Waals surface area contributed by atoms with Crippen LogP contribution >= 0.6 is 11.8 Å². The lowest BCUT2D eigenvalue weighted by molar-refractivity contribution is -0.165. The van der Waals surface area contributed by atoms with Crippen molar-refractivity contribution in [1.29, 1.82) is 0 Å². The van der Waals surface area contributed by atoms with Crippen molar-refractivity contribution in [2.45, 2.75) is 43.6 Å². The van der Waals surface area contributed by atoms with Gasteiger partial charge in [0.25, 0.3) is 0 Å². The van der Waals surface area contributed by atoms with Crippen LogP contribution in [0, 0.1) is 0 Å². The minimum absolute atomic E-state index is 0. The van der Waals surface area contributed by atoms with Gasteiger partial charge in [-0.05, 0) is 0 Å². The first-order chi connectivity index (χ1) is 8.91. The molecule has 0 aliphatic rings. The average molecular weight is 358 g/mol. The van der Waals surface area contributed by atoms with E-state index in [-0.39, 0.29) is 41.2 Å². The first-order valence-corrected chi connectivity index (χ1v) is 6.23. The number of hydrogen-bond acceptors (Lipinski definition) is 9. The van der Waals surface area contributed by atoms with Crippen LogP contribution in [-0.2, 0) is 38.1 Å². The van der Waals surface area contributed by atoms with Gasteiger partial charge in [0.1, 0.15) is 0 Å². The van der Waals surface area contributed by atoms with Crippen LogP contribution in [0.2, 0.25) is 0 Å². The van der Waals surface area contributed by atoms with Gasteiger partial charge in [-0.15, -0.1) is 11.8 Å². The Morgan fingerprint density at radius 1 is 0.652 bits per heavy atom. The van der Waals surface area contributed by atoms with E-state index in [1.165, 1.54) is 13.8 Å². The SMILES string of the molecule is C.C.C.C.CC(=O)OCOC(=O)CSCC(=O)OCOC(C)=O. The van der Waals surface area contributed by atoms with E-state index in [9.17, 15) is 19.2 Å². The molecule has 0 atom stereocenters. The molecular formula is C14H30O8S. The Balaban J connectivity index is -0.000000270. The lowest BCUT2D eigenvalue weighted by Gasteiger charge is -2.05. The van der Waals surface area contributed by atoms with E-state index >= 15 is 0 Å². The molecule has 0 bridgehead atoms. The summed E-state index contributed by atoms with van der Waals surface area (Å²) in [5.74, 6) is -2.56. The molecule has 0 saturated heterocycles. The van der Waals surface area contributed by atoms with Crippen molar-refractivity contribution >= 4 is 35.6 Å². The lowest BCUT2D eigenvalue weighted by atomic mass is 10.8. The second-order valence-electron chi connectivity index (χ2n) is 3.03. The molecule has 0 amide bonds. The van der Waals surface area contributed by atoms with Gasteiger partial charge >= 0.3 is 23.9 Å². The molecule has 0 saturated carbocycles. The van der Waals surface area contributed by atoms with Crippen LogP contribution in [0.3, 0.4) is 0 Å². The molecule has 140 valence electrons. The monoisotopic (exact) mass is 358 g/mol. The van der Waals surface area contributed by atoms with Gasteiger partial charge in [0.05, 0.1) is 11.5 Å². The molecule has 0 aliphatic heterocycles. The van der Waals surface area contributed by atoms with E-state index in [2.05, 4.69) is 18.9 Å². The number of thioether (sulfide) groups is 1. The van der Waals surface area contributed by atoms with Gasteiger partial charge in [0.2, 0.25) is 13.6 Å². The summed E-state index contributed by atoms with van der Waals surface area (Å²) in [5, 5.41) is 0. The summed E-state index contributed by atoms with van der Waals surface area (Å²) < 4.78 is 17.8. The van der Waals surface area contributed by atoms with Crippen LogP contribution in [0.1, 0.15) is 43.6 Å². The Morgan fingerprint density at radius 2 is 0.957 bits per heavy atom. The van der Waals surface area contributed by atoms with Crippen molar-refractivity contribution in [3.8, 4) is 0 Å².